The van der Waals surface area contributed by atoms with E-state index in [1.54, 1.807) is 19.2 Å². The van der Waals surface area contributed by atoms with Crippen LogP contribution in [-0.2, 0) is 4.74 Å². The number of anilines is 1. The maximum atomic E-state index is 11.9. The minimum absolute atomic E-state index is 0.0970. The minimum atomic E-state index is -1.06. The van der Waals surface area contributed by atoms with Crippen molar-refractivity contribution in [3.05, 3.63) is 28.2 Å². The molecule has 0 heterocycles. The molecular weight excluding hydrogens is 328 g/mol. The van der Waals surface area contributed by atoms with Crippen molar-refractivity contribution in [1.29, 1.82) is 0 Å². The number of halogens is 1. The molecule has 0 fully saturated rings. The number of benzene rings is 1. The molecule has 0 aliphatic heterocycles. The van der Waals surface area contributed by atoms with Crippen molar-refractivity contribution in [1.82, 2.24) is 4.90 Å². The van der Waals surface area contributed by atoms with E-state index in [2.05, 4.69) is 21.2 Å². The zero-order chi connectivity index (χ0) is 15.1. The van der Waals surface area contributed by atoms with Crippen LogP contribution in [0.2, 0.25) is 0 Å². The monoisotopic (exact) mass is 344 g/mol. The van der Waals surface area contributed by atoms with Gasteiger partial charge in [0.1, 0.15) is 0 Å². The molecule has 1 aromatic carbocycles. The fraction of sp³-hybridized carbons (Fsp3) is 0.385. The lowest BCUT2D eigenvalue weighted by Gasteiger charge is -2.18. The maximum Gasteiger partial charge on any atom is 0.336 e. The number of hydrogen-bond donors (Lipinski definition) is 2. The van der Waals surface area contributed by atoms with Crippen LogP contribution in [0.4, 0.5) is 10.5 Å². The fourth-order valence-corrected chi connectivity index (χ4v) is 1.85. The fourth-order valence-electron chi connectivity index (χ4n) is 1.43. The summed E-state index contributed by atoms with van der Waals surface area (Å²) < 4.78 is 5.63. The summed E-state index contributed by atoms with van der Waals surface area (Å²) in [5, 5.41) is 11.6. The number of ether oxygens (including phenoxy) is 1. The van der Waals surface area contributed by atoms with E-state index in [1.807, 2.05) is 6.92 Å². The molecule has 20 heavy (non-hydrogen) atoms. The Bertz CT molecular complexity index is 493. The SMILES string of the molecule is CCOCCN(C)C(=O)Nc1ccc(Br)c(C(=O)O)c1. The lowest BCUT2D eigenvalue weighted by Crippen LogP contribution is -2.34. The molecule has 0 spiro atoms. The van der Waals surface area contributed by atoms with E-state index in [1.165, 1.54) is 11.0 Å². The van der Waals surface area contributed by atoms with Crippen LogP contribution < -0.4 is 5.32 Å². The number of amides is 2. The minimum Gasteiger partial charge on any atom is -0.478 e. The molecule has 2 N–H and O–H groups in total. The molecule has 1 rings (SSSR count). The molecule has 0 aliphatic rings. The molecule has 0 aliphatic carbocycles. The zero-order valence-corrected chi connectivity index (χ0v) is 12.9. The molecule has 6 nitrogen and oxygen atoms in total. The summed E-state index contributed by atoms with van der Waals surface area (Å²) in [5.41, 5.74) is 0.527. The Balaban J connectivity index is 2.66. The van der Waals surface area contributed by atoms with Gasteiger partial charge in [-0.1, -0.05) is 0 Å². The highest BCUT2D eigenvalue weighted by Gasteiger charge is 2.12. The lowest BCUT2D eigenvalue weighted by atomic mass is 10.2. The van der Waals surface area contributed by atoms with Crippen molar-refractivity contribution in [2.24, 2.45) is 0 Å². The number of carboxylic acid groups (broad SMARTS) is 1. The predicted molar refractivity (Wildman–Crippen MR) is 79.2 cm³/mol. The average Bonchev–Trinajstić information content (AvgIpc) is 2.40. The number of urea groups is 1. The van der Waals surface area contributed by atoms with E-state index in [-0.39, 0.29) is 11.6 Å². The maximum absolute atomic E-state index is 11.9. The lowest BCUT2D eigenvalue weighted by molar-refractivity contribution is 0.0696. The third kappa shape index (κ3) is 4.82. The number of carbonyl (C=O) groups excluding carboxylic acids is 1. The number of carboxylic acids is 1. The van der Waals surface area contributed by atoms with Crippen LogP contribution in [0.5, 0.6) is 0 Å². The molecule has 0 bridgehead atoms. The number of likely N-dealkylation sites (N-methyl/N-ethyl adjacent to an activating group) is 1. The second-order valence-electron chi connectivity index (χ2n) is 4.05. The summed E-state index contributed by atoms with van der Waals surface area (Å²) in [4.78, 5) is 24.3. The smallest absolute Gasteiger partial charge is 0.336 e. The van der Waals surface area contributed by atoms with Crippen LogP contribution >= 0.6 is 15.9 Å². The number of hydrogen-bond acceptors (Lipinski definition) is 3. The van der Waals surface area contributed by atoms with E-state index < -0.39 is 5.97 Å². The first-order chi connectivity index (χ1) is 9.45. The highest BCUT2D eigenvalue weighted by Crippen LogP contribution is 2.21. The molecule has 0 unspecified atom stereocenters. The largest absolute Gasteiger partial charge is 0.478 e. The Kier molecular flexibility index (Phi) is 6.47. The van der Waals surface area contributed by atoms with Gasteiger partial charge >= 0.3 is 12.0 Å². The topological polar surface area (TPSA) is 78.9 Å². The van der Waals surface area contributed by atoms with Crippen molar-refractivity contribution in [3.8, 4) is 0 Å². The first-order valence-corrected chi connectivity index (χ1v) is 6.87. The van der Waals surface area contributed by atoms with Gasteiger partial charge in [0.25, 0.3) is 0 Å². The number of nitrogens with zero attached hydrogens (tertiary/aromatic N) is 1. The van der Waals surface area contributed by atoms with Gasteiger partial charge in [0.05, 0.1) is 12.2 Å². The van der Waals surface area contributed by atoms with Crippen molar-refractivity contribution in [2.75, 3.05) is 32.1 Å². The van der Waals surface area contributed by atoms with E-state index in [9.17, 15) is 9.59 Å². The second kappa shape index (κ2) is 7.86. The quantitative estimate of drug-likeness (QED) is 0.777. The summed E-state index contributed by atoms with van der Waals surface area (Å²) in [5.74, 6) is -1.06. The summed E-state index contributed by atoms with van der Waals surface area (Å²) in [6.07, 6.45) is 0. The number of nitrogens with one attached hydrogen (secondary N) is 1. The summed E-state index contributed by atoms with van der Waals surface area (Å²) in [7, 11) is 1.64. The van der Waals surface area contributed by atoms with Crippen molar-refractivity contribution in [2.45, 2.75) is 6.92 Å². The average molecular weight is 345 g/mol. The van der Waals surface area contributed by atoms with Crippen LogP contribution in [0.1, 0.15) is 17.3 Å². The molecule has 2 amide bonds. The van der Waals surface area contributed by atoms with E-state index in [0.29, 0.717) is 29.9 Å². The van der Waals surface area contributed by atoms with E-state index in [4.69, 9.17) is 9.84 Å². The van der Waals surface area contributed by atoms with Crippen LogP contribution in [0, 0.1) is 0 Å². The van der Waals surface area contributed by atoms with Crippen LogP contribution in [0.15, 0.2) is 22.7 Å². The molecule has 110 valence electrons. The molecular formula is C13H17BrN2O4. The predicted octanol–water partition coefficient (Wildman–Crippen LogP) is 2.65. The zero-order valence-electron chi connectivity index (χ0n) is 11.4. The summed E-state index contributed by atoms with van der Waals surface area (Å²) >= 11 is 3.15. The third-order valence-corrected chi connectivity index (χ3v) is 3.26. The first-order valence-electron chi connectivity index (χ1n) is 6.08. The Morgan fingerprint density at radius 1 is 1.45 bits per heavy atom. The van der Waals surface area contributed by atoms with Gasteiger partial charge in [-0.25, -0.2) is 9.59 Å². The van der Waals surface area contributed by atoms with Crippen molar-refractivity contribution in [3.63, 3.8) is 0 Å². The standard InChI is InChI=1S/C13H17BrN2O4/c1-3-20-7-6-16(2)13(19)15-9-4-5-11(14)10(8-9)12(17)18/h4-5,8H,3,6-7H2,1-2H3,(H,15,19)(H,17,18). The molecule has 0 atom stereocenters. The van der Waals surface area contributed by atoms with Crippen LogP contribution in [0.25, 0.3) is 0 Å². The Labute approximate surface area is 125 Å². The highest BCUT2D eigenvalue weighted by molar-refractivity contribution is 9.10. The molecule has 0 saturated heterocycles. The van der Waals surface area contributed by atoms with Gasteiger partial charge in [-0.3, -0.25) is 0 Å². The van der Waals surface area contributed by atoms with Gasteiger partial charge < -0.3 is 20.1 Å². The molecule has 0 aromatic heterocycles. The van der Waals surface area contributed by atoms with Gasteiger partial charge in [-0.05, 0) is 41.1 Å². The first kappa shape index (κ1) is 16.5. The van der Waals surface area contributed by atoms with Crippen LogP contribution in [0.3, 0.4) is 0 Å². The third-order valence-electron chi connectivity index (χ3n) is 2.57. The van der Waals surface area contributed by atoms with E-state index >= 15 is 0 Å². The molecule has 1 aromatic rings. The van der Waals surface area contributed by atoms with E-state index in [0.717, 1.165) is 0 Å². The Morgan fingerprint density at radius 2 is 2.15 bits per heavy atom. The van der Waals surface area contributed by atoms with Crippen molar-refractivity contribution >= 4 is 33.6 Å². The van der Waals surface area contributed by atoms with Gasteiger partial charge in [0, 0.05) is 30.4 Å². The number of aromatic carboxylic acids is 1. The summed E-state index contributed by atoms with van der Waals surface area (Å²) in [6.45, 7) is 3.41. The Hall–Kier alpha value is -1.60. The molecule has 0 saturated carbocycles. The van der Waals surface area contributed by atoms with Gasteiger partial charge in [0.2, 0.25) is 0 Å². The number of carbonyl (C=O) groups is 2. The normalized spacial score (nSPS) is 10.2. The Morgan fingerprint density at radius 3 is 2.75 bits per heavy atom. The summed E-state index contributed by atoms with van der Waals surface area (Å²) in [6, 6.07) is 4.30. The number of rotatable bonds is 6. The van der Waals surface area contributed by atoms with Crippen molar-refractivity contribution < 1.29 is 19.4 Å². The van der Waals surface area contributed by atoms with Gasteiger partial charge in [-0.2, -0.15) is 0 Å². The van der Waals surface area contributed by atoms with Gasteiger partial charge in [-0.15, -0.1) is 0 Å². The molecule has 7 heteroatoms. The second-order valence-corrected chi connectivity index (χ2v) is 4.90. The van der Waals surface area contributed by atoms with Crippen LogP contribution in [-0.4, -0.2) is 48.8 Å². The molecule has 0 radical (unpaired) electrons. The highest BCUT2D eigenvalue weighted by atomic mass is 79.9. The van der Waals surface area contributed by atoms with Gasteiger partial charge in [0.15, 0.2) is 0 Å².